The standard InChI is InChI=1S/C21H26N2O3S/c1-5-8-13-26-17-16-18(27-19(17)21(25)23(6-2)7-3)14-11-9-10-12-15(14)22(4)20(16)24/h9-12H,5-8,13H2,1-4H3. The van der Waals surface area contributed by atoms with Crippen LogP contribution in [-0.4, -0.2) is 35.1 Å². The number of pyridine rings is 1. The second kappa shape index (κ2) is 8.13. The Morgan fingerprint density at radius 2 is 1.89 bits per heavy atom. The SMILES string of the molecule is CCCCOc1c(C(=O)N(CC)CC)sc2c1c(=O)n(C)c1ccccc21. The average Bonchev–Trinajstić information content (AvgIpc) is 3.07. The van der Waals surface area contributed by atoms with Gasteiger partial charge in [-0.1, -0.05) is 31.5 Å². The van der Waals surface area contributed by atoms with Gasteiger partial charge < -0.3 is 14.2 Å². The van der Waals surface area contributed by atoms with Gasteiger partial charge in [0.1, 0.15) is 10.3 Å². The minimum absolute atomic E-state index is 0.0705. The van der Waals surface area contributed by atoms with Crippen LogP contribution in [0.2, 0.25) is 0 Å². The van der Waals surface area contributed by atoms with E-state index in [4.69, 9.17) is 4.74 Å². The lowest BCUT2D eigenvalue weighted by Crippen LogP contribution is -2.30. The molecule has 0 unspecified atom stereocenters. The van der Waals surface area contributed by atoms with E-state index in [2.05, 4.69) is 6.92 Å². The Kier molecular flexibility index (Phi) is 5.85. The molecular formula is C21H26N2O3S. The van der Waals surface area contributed by atoms with Crippen LogP contribution in [0, 0.1) is 0 Å². The van der Waals surface area contributed by atoms with E-state index in [-0.39, 0.29) is 11.5 Å². The van der Waals surface area contributed by atoms with Gasteiger partial charge in [-0.15, -0.1) is 11.3 Å². The Morgan fingerprint density at radius 1 is 1.19 bits per heavy atom. The van der Waals surface area contributed by atoms with Crippen molar-refractivity contribution < 1.29 is 9.53 Å². The summed E-state index contributed by atoms with van der Waals surface area (Å²) in [6.45, 7) is 7.75. The van der Waals surface area contributed by atoms with Gasteiger partial charge in [-0.25, -0.2) is 0 Å². The van der Waals surface area contributed by atoms with Gasteiger partial charge in [0.15, 0.2) is 5.75 Å². The van der Waals surface area contributed by atoms with Crippen LogP contribution < -0.4 is 10.3 Å². The van der Waals surface area contributed by atoms with Crippen LogP contribution in [0.4, 0.5) is 0 Å². The third-order valence-corrected chi connectivity index (χ3v) is 6.07. The van der Waals surface area contributed by atoms with Crippen LogP contribution in [0.1, 0.15) is 43.3 Å². The Bertz CT molecular complexity index is 1030. The molecule has 27 heavy (non-hydrogen) atoms. The van der Waals surface area contributed by atoms with Crippen LogP contribution in [0.25, 0.3) is 21.0 Å². The molecule has 144 valence electrons. The van der Waals surface area contributed by atoms with Crippen LogP contribution in [0.3, 0.4) is 0 Å². The minimum Gasteiger partial charge on any atom is -0.491 e. The van der Waals surface area contributed by atoms with Crippen molar-refractivity contribution in [2.75, 3.05) is 19.7 Å². The number of rotatable bonds is 7. The molecule has 0 aliphatic heterocycles. The highest BCUT2D eigenvalue weighted by atomic mass is 32.1. The fourth-order valence-corrected chi connectivity index (χ4v) is 4.53. The van der Waals surface area contributed by atoms with E-state index in [1.165, 1.54) is 11.3 Å². The van der Waals surface area contributed by atoms with Gasteiger partial charge in [0.2, 0.25) is 0 Å². The fourth-order valence-electron chi connectivity index (χ4n) is 3.29. The summed E-state index contributed by atoms with van der Waals surface area (Å²) in [7, 11) is 1.77. The monoisotopic (exact) mass is 386 g/mol. The molecule has 0 spiro atoms. The van der Waals surface area contributed by atoms with E-state index in [9.17, 15) is 9.59 Å². The lowest BCUT2D eigenvalue weighted by atomic mass is 10.1. The number of benzene rings is 1. The number of aromatic nitrogens is 1. The number of amides is 1. The number of fused-ring (bicyclic) bond motifs is 3. The fraction of sp³-hybridized carbons (Fsp3) is 0.429. The molecule has 2 heterocycles. The number of nitrogens with zero attached hydrogens (tertiary/aromatic N) is 2. The Labute approximate surface area is 163 Å². The maximum atomic E-state index is 13.1. The zero-order valence-corrected chi connectivity index (χ0v) is 17.2. The highest BCUT2D eigenvalue weighted by Crippen LogP contribution is 2.40. The first-order valence-corrected chi connectivity index (χ1v) is 10.3. The smallest absolute Gasteiger partial charge is 0.267 e. The third-order valence-electron chi connectivity index (χ3n) is 4.88. The van der Waals surface area contributed by atoms with Gasteiger partial charge >= 0.3 is 0 Å². The summed E-state index contributed by atoms with van der Waals surface area (Å²) in [5.41, 5.74) is 0.739. The molecule has 1 aromatic carbocycles. The Balaban J connectivity index is 2.32. The van der Waals surface area contributed by atoms with Crippen molar-refractivity contribution >= 4 is 38.2 Å². The normalized spacial score (nSPS) is 11.3. The number of unbranched alkanes of at least 4 members (excludes halogenated alkanes) is 1. The molecule has 0 aliphatic rings. The molecule has 6 heteroatoms. The van der Waals surface area contributed by atoms with Gasteiger partial charge in [0.25, 0.3) is 11.5 Å². The quantitative estimate of drug-likeness (QED) is 0.565. The molecule has 2 aromatic heterocycles. The van der Waals surface area contributed by atoms with Gasteiger partial charge in [-0.05, 0) is 26.3 Å². The van der Waals surface area contributed by atoms with E-state index in [1.807, 2.05) is 38.1 Å². The zero-order chi connectivity index (χ0) is 19.6. The molecule has 0 bridgehead atoms. The summed E-state index contributed by atoms with van der Waals surface area (Å²) >= 11 is 1.37. The second-order valence-corrected chi connectivity index (χ2v) is 7.55. The summed E-state index contributed by atoms with van der Waals surface area (Å²) in [6, 6.07) is 7.80. The molecular weight excluding hydrogens is 360 g/mol. The highest BCUT2D eigenvalue weighted by molar-refractivity contribution is 7.22. The number of para-hydroxylation sites is 1. The predicted octanol–water partition coefficient (Wildman–Crippen LogP) is 4.41. The molecule has 0 aliphatic carbocycles. The lowest BCUT2D eigenvalue weighted by Gasteiger charge is -2.18. The molecule has 3 rings (SSSR count). The zero-order valence-electron chi connectivity index (χ0n) is 16.4. The van der Waals surface area contributed by atoms with Gasteiger partial charge in [-0.3, -0.25) is 9.59 Å². The molecule has 0 radical (unpaired) electrons. The average molecular weight is 387 g/mol. The van der Waals surface area contributed by atoms with Crippen molar-refractivity contribution in [3.63, 3.8) is 0 Å². The number of hydrogen-bond acceptors (Lipinski definition) is 4. The van der Waals surface area contributed by atoms with Crippen LogP contribution in [-0.2, 0) is 7.05 Å². The van der Waals surface area contributed by atoms with Crippen molar-refractivity contribution in [3.8, 4) is 5.75 Å². The first kappa shape index (κ1) is 19.4. The topological polar surface area (TPSA) is 51.5 Å². The van der Waals surface area contributed by atoms with Crippen molar-refractivity contribution in [2.24, 2.45) is 7.05 Å². The molecule has 3 aromatic rings. The number of aryl methyl sites for hydroxylation is 1. The molecule has 0 fully saturated rings. The number of thiophene rings is 1. The van der Waals surface area contributed by atoms with Crippen molar-refractivity contribution in [3.05, 3.63) is 39.5 Å². The second-order valence-electron chi connectivity index (χ2n) is 6.53. The van der Waals surface area contributed by atoms with Crippen LogP contribution in [0.15, 0.2) is 29.1 Å². The lowest BCUT2D eigenvalue weighted by molar-refractivity contribution is 0.0774. The summed E-state index contributed by atoms with van der Waals surface area (Å²) in [5.74, 6) is 0.380. The van der Waals surface area contributed by atoms with Crippen molar-refractivity contribution in [1.82, 2.24) is 9.47 Å². The Morgan fingerprint density at radius 3 is 2.56 bits per heavy atom. The van der Waals surface area contributed by atoms with Crippen molar-refractivity contribution in [1.29, 1.82) is 0 Å². The largest absolute Gasteiger partial charge is 0.491 e. The van der Waals surface area contributed by atoms with E-state index in [1.54, 1.807) is 16.5 Å². The molecule has 0 N–H and O–H groups in total. The molecule has 0 saturated carbocycles. The Hall–Kier alpha value is -2.34. The maximum absolute atomic E-state index is 13.1. The summed E-state index contributed by atoms with van der Waals surface area (Å²) in [6.07, 6.45) is 1.87. The summed E-state index contributed by atoms with van der Waals surface area (Å²) in [4.78, 5) is 28.5. The number of ether oxygens (including phenoxy) is 1. The van der Waals surface area contributed by atoms with Gasteiger partial charge in [0, 0.05) is 25.5 Å². The maximum Gasteiger partial charge on any atom is 0.267 e. The highest BCUT2D eigenvalue weighted by Gasteiger charge is 2.26. The minimum atomic E-state index is -0.120. The van der Waals surface area contributed by atoms with Gasteiger partial charge in [-0.2, -0.15) is 0 Å². The van der Waals surface area contributed by atoms with Gasteiger partial charge in [0.05, 0.1) is 16.8 Å². The van der Waals surface area contributed by atoms with Crippen LogP contribution in [0.5, 0.6) is 5.75 Å². The molecule has 0 saturated heterocycles. The first-order chi connectivity index (χ1) is 13.0. The summed E-state index contributed by atoms with van der Waals surface area (Å²) < 4.78 is 8.50. The number of carbonyl (C=O) groups excluding carboxylic acids is 1. The van der Waals surface area contributed by atoms with E-state index in [0.29, 0.717) is 35.7 Å². The van der Waals surface area contributed by atoms with Crippen LogP contribution >= 0.6 is 11.3 Å². The predicted molar refractivity (Wildman–Crippen MR) is 112 cm³/mol. The summed E-state index contributed by atoms with van der Waals surface area (Å²) in [5, 5.41) is 1.49. The first-order valence-electron chi connectivity index (χ1n) is 9.51. The van der Waals surface area contributed by atoms with E-state index < -0.39 is 0 Å². The van der Waals surface area contributed by atoms with Crippen molar-refractivity contribution in [2.45, 2.75) is 33.6 Å². The number of carbonyl (C=O) groups is 1. The molecule has 5 nitrogen and oxygen atoms in total. The molecule has 1 amide bonds. The molecule has 0 atom stereocenters. The van der Waals surface area contributed by atoms with E-state index >= 15 is 0 Å². The third kappa shape index (κ3) is 3.34. The number of hydrogen-bond donors (Lipinski definition) is 0. The van der Waals surface area contributed by atoms with E-state index in [0.717, 1.165) is 28.4 Å².